The average Bonchev–Trinajstić information content (AvgIpc) is 2.66. The Hall–Kier alpha value is -3.15. The van der Waals surface area contributed by atoms with Gasteiger partial charge in [0.15, 0.2) is 0 Å². The van der Waals surface area contributed by atoms with Gasteiger partial charge in [0, 0.05) is 30.4 Å². The molecule has 0 saturated carbocycles. The number of carbonyl (C=O) groups is 1. The third-order valence-electron chi connectivity index (χ3n) is 3.26. The Kier molecular flexibility index (Phi) is 10.0. The molecule has 0 amide bonds. The molecule has 28 heavy (non-hydrogen) atoms. The molecule has 1 N–H and O–H groups in total. The molecule has 0 bridgehead atoms. The summed E-state index contributed by atoms with van der Waals surface area (Å²) in [7, 11) is 0. The molecule has 2 aromatic rings. The van der Waals surface area contributed by atoms with Gasteiger partial charge >= 0.3 is 5.97 Å². The van der Waals surface area contributed by atoms with Gasteiger partial charge in [-0.15, -0.1) is 0 Å². The SMILES string of the molecule is CCOC(C)=O.N#Cc1cccc(/C=C/CN(c2ccc(O)cc2)S(=O)[O-])c1. The molecule has 2 aromatic carbocycles. The molecule has 1 atom stereocenters. The summed E-state index contributed by atoms with van der Waals surface area (Å²) in [5.41, 5.74) is 1.83. The topological polar surface area (TPSA) is 114 Å². The van der Waals surface area contributed by atoms with E-state index in [0.29, 0.717) is 17.9 Å². The Morgan fingerprint density at radius 3 is 2.50 bits per heavy atom. The van der Waals surface area contributed by atoms with Gasteiger partial charge in [-0.05, 0) is 48.9 Å². The van der Waals surface area contributed by atoms with Gasteiger partial charge in [-0.3, -0.25) is 13.3 Å². The highest BCUT2D eigenvalue weighted by Crippen LogP contribution is 2.19. The minimum atomic E-state index is -2.43. The number of rotatable bonds is 6. The molecule has 7 nitrogen and oxygen atoms in total. The van der Waals surface area contributed by atoms with Gasteiger partial charge in [-0.25, -0.2) is 0 Å². The highest BCUT2D eigenvalue weighted by Gasteiger charge is 2.05. The minimum absolute atomic E-state index is 0.0734. The molecule has 0 spiro atoms. The smallest absolute Gasteiger partial charge is 0.302 e. The summed E-state index contributed by atoms with van der Waals surface area (Å²) in [6.45, 7) is 3.80. The molecule has 0 aromatic heterocycles. The van der Waals surface area contributed by atoms with Gasteiger partial charge in [0.25, 0.3) is 0 Å². The predicted octanol–water partition coefficient (Wildman–Crippen LogP) is 3.15. The molecule has 8 heteroatoms. The number of nitriles is 1. The summed E-state index contributed by atoms with van der Waals surface area (Å²) in [5, 5.41) is 18.1. The van der Waals surface area contributed by atoms with Crippen LogP contribution in [-0.2, 0) is 20.8 Å². The molecule has 0 radical (unpaired) electrons. The van der Waals surface area contributed by atoms with E-state index >= 15 is 0 Å². The normalized spacial score (nSPS) is 11.1. The lowest BCUT2D eigenvalue weighted by Gasteiger charge is -2.25. The highest BCUT2D eigenvalue weighted by molar-refractivity contribution is 7.80. The first kappa shape index (κ1) is 22.9. The fourth-order valence-corrected chi connectivity index (χ4v) is 2.57. The van der Waals surface area contributed by atoms with Crippen LogP contribution in [0.5, 0.6) is 5.75 Å². The zero-order valence-electron chi connectivity index (χ0n) is 15.6. The van der Waals surface area contributed by atoms with Crippen LogP contribution in [0.25, 0.3) is 6.08 Å². The van der Waals surface area contributed by atoms with Crippen LogP contribution in [0.2, 0.25) is 0 Å². The van der Waals surface area contributed by atoms with E-state index in [4.69, 9.17) is 5.26 Å². The molecule has 2 rings (SSSR count). The molecule has 0 aliphatic rings. The second kappa shape index (κ2) is 12.3. The summed E-state index contributed by atoms with van der Waals surface area (Å²) < 4.78 is 28.2. The monoisotopic (exact) mass is 401 g/mol. The van der Waals surface area contributed by atoms with E-state index in [-0.39, 0.29) is 18.3 Å². The lowest BCUT2D eigenvalue weighted by molar-refractivity contribution is -0.140. The van der Waals surface area contributed by atoms with E-state index in [2.05, 4.69) is 4.74 Å². The fraction of sp³-hybridized carbons (Fsp3) is 0.200. The molecule has 0 aliphatic heterocycles. The van der Waals surface area contributed by atoms with Crippen molar-refractivity contribution in [3.63, 3.8) is 0 Å². The maximum absolute atomic E-state index is 11.3. The van der Waals surface area contributed by atoms with Crippen molar-refractivity contribution in [3.05, 3.63) is 65.7 Å². The van der Waals surface area contributed by atoms with Crippen molar-refractivity contribution >= 4 is 29.0 Å². The van der Waals surface area contributed by atoms with Crippen molar-refractivity contribution in [2.24, 2.45) is 0 Å². The number of nitrogens with zero attached hydrogens (tertiary/aromatic N) is 2. The van der Waals surface area contributed by atoms with Crippen LogP contribution in [0.1, 0.15) is 25.0 Å². The molecule has 1 unspecified atom stereocenters. The molecule has 0 heterocycles. The van der Waals surface area contributed by atoms with Gasteiger partial charge in [-0.2, -0.15) is 5.26 Å². The van der Waals surface area contributed by atoms with Gasteiger partial charge in [0.2, 0.25) is 0 Å². The number of benzene rings is 2. The van der Waals surface area contributed by atoms with Crippen LogP contribution in [-0.4, -0.2) is 33.0 Å². The minimum Gasteiger partial charge on any atom is -0.755 e. The predicted molar refractivity (Wildman–Crippen MR) is 107 cm³/mol. The standard InChI is InChI=1S/C16H14N2O3S.C4H8O2/c17-12-14-4-1-3-13(11-14)5-2-10-18(22(20)21)15-6-8-16(19)9-7-15;1-3-6-4(2)5/h1-9,11,19H,10H2,(H,20,21);3H2,1-2H3/p-1/b5-2+;. The van der Waals surface area contributed by atoms with E-state index in [9.17, 15) is 18.7 Å². The van der Waals surface area contributed by atoms with Crippen molar-refractivity contribution in [2.45, 2.75) is 13.8 Å². The zero-order chi connectivity index (χ0) is 20.9. The highest BCUT2D eigenvalue weighted by atomic mass is 32.2. The number of anilines is 1. The summed E-state index contributed by atoms with van der Waals surface area (Å²) in [4.78, 5) is 9.82. The van der Waals surface area contributed by atoms with E-state index in [1.54, 1.807) is 37.3 Å². The number of esters is 1. The van der Waals surface area contributed by atoms with Crippen LogP contribution in [0.15, 0.2) is 54.6 Å². The number of aromatic hydroxyl groups is 1. The van der Waals surface area contributed by atoms with E-state index < -0.39 is 11.3 Å². The Balaban J connectivity index is 0.000000568. The van der Waals surface area contributed by atoms with Crippen LogP contribution in [0.3, 0.4) is 0 Å². The Morgan fingerprint density at radius 2 is 2.00 bits per heavy atom. The molecule has 0 saturated heterocycles. The van der Waals surface area contributed by atoms with Crippen molar-refractivity contribution in [3.8, 4) is 11.8 Å². The first-order valence-corrected chi connectivity index (χ1v) is 9.36. The van der Waals surface area contributed by atoms with E-state index in [1.165, 1.54) is 31.2 Å². The van der Waals surface area contributed by atoms with Crippen molar-refractivity contribution < 1.29 is 23.4 Å². The molecule has 0 fully saturated rings. The first-order chi connectivity index (χ1) is 13.4. The first-order valence-electron chi connectivity index (χ1n) is 8.33. The van der Waals surface area contributed by atoms with Gasteiger partial charge < -0.3 is 14.4 Å². The third kappa shape index (κ3) is 8.49. The fourth-order valence-electron chi connectivity index (χ4n) is 2.07. The maximum Gasteiger partial charge on any atom is 0.302 e. The molecule has 148 valence electrons. The number of hydrogen-bond acceptors (Lipinski definition) is 6. The van der Waals surface area contributed by atoms with Crippen molar-refractivity contribution in [1.29, 1.82) is 5.26 Å². The van der Waals surface area contributed by atoms with Crippen LogP contribution < -0.4 is 4.31 Å². The van der Waals surface area contributed by atoms with E-state index in [1.807, 2.05) is 12.1 Å². The number of phenolic OH excluding ortho intramolecular Hbond substituents is 1. The molecular formula is C20H21N2O5S-. The largest absolute Gasteiger partial charge is 0.755 e. The molecular weight excluding hydrogens is 380 g/mol. The summed E-state index contributed by atoms with van der Waals surface area (Å²) in [6, 6.07) is 15.0. The van der Waals surface area contributed by atoms with Gasteiger partial charge in [0.05, 0.1) is 18.2 Å². The summed E-state index contributed by atoms with van der Waals surface area (Å²) in [6.07, 6.45) is 3.44. The Labute approximate surface area is 166 Å². The molecule has 0 aliphatic carbocycles. The second-order valence-electron chi connectivity index (χ2n) is 5.36. The van der Waals surface area contributed by atoms with Crippen LogP contribution in [0, 0.1) is 11.3 Å². The second-order valence-corrected chi connectivity index (χ2v) is 6.23. The zero-order valence-corrected chi connectivity index (χ0v) is 16.4. The van der Waals surface area contributed by atoms with Gasteiger partial charge in [0.1, 0.15) is 5.75 Å². The summed E-state index contributed by atoms with van der Waals surface area (Å²) >= 11 is -2.43. The Morgan fingerprint density at radius 1 is 1.32 bits per heavy atom. The number of phenols is 1. The lowest BCUT2D eigenvalue weighted by Crippen LogP contribution is -2.25. The number of hydrogen-bond donors (Lipinski definition) is 1. The summed E-state index contributed by atoms with van der Waals surface area (Å²) in [5.74, 6) is -0.137. The lowest BCUT2D eigenvalue weighted by atomic mass is 10.1. The number of ether oxygens (including phenoxy) is 1. The van der Waals surface area contributed by atoms with Crippen LogP contribution >= 0.6 is 0 Å². The maximum atomic E-state index is 11.3. The quantitative estimate of drug-likeness (QED) is 0.587. The Bertz CT molecular complexity index is 860. The van der Waals surface area contributed by atoms with Gasteiger partial charge in [-0.1, -0.05) is 24.3 Å². The average molecular weight is 401 g/mol. The number of carbonyl (C=O) groups excluding carboxylic acids is 1. The van der Waals surface area contributed by atoms with Crippen LogP contribution in [0.4, 0.5) is 5.69 Å². The van der Waals surface area contributed by atoms with Crippen molar-refractivity contribution in [2.75, 3.05) is 17.5 Å². The van der Waals surface area contributed by atoms with Crippen molar-refractivity contribution in [1.82, 2.24) is 0 Å². The van der Waals surface area contributed by atoms with E-state index in [0.717, 1.165) is 9.87 Å². The third-order valence-corrected chi connectivity index (χ3v) is 3.98.